The van der Waals surface area contributed by atoms with Gasteiger partial charge in [0.15, 0.2) is 0 Å². The third kappa shape index (κ3) is 3.80. The number of benzene rings is 1. The Labute approximate surface area is 143 Å². The van der Waals surface area contributed by atoms with Crippen molar-refractivity contribution in [3.05, 3.63) is 62.5 Å². The van der Waals surface area contributed by atoms with Gasteiger partial charge in [0.25, 0.3) is 5.56 Å². The fourth-order valence-electron chi connectivity index (χ4n) is 2.48. The molecule has 4 nitrogen and oxygen atoms in total. The molecule has 2 heterocycles. The molecule has 1 aromatic carbocycles. The second-order valence-electron chi connectivity index (χ2n) is 5.78. The molecule has 0 saturated carbocycles. The van der Waals surface area contributed by atoms with Crippen molar-refractivity contribution in [3.8, 4) is 0 Å². The van der Waals surface area contributed by atoms with Gasteiger partial charge in [-0.1, -0.05) is 23.7 Å². The SMILES string of the molecule is CC(C)N(Cc1cccc(Cl)c1)Cc1nc2ccsc2c(=O)[nH]1. The minimum atomic E-state index is -0.0635. The van der Waals surface area contributed by atoms with Crippen LogP contribution in [0.15, 0.2) is 40.5 Å². The molecule has 0 radical (unpaired) electrons. The average Bonchev–Trinajstić information content (AvgIpc) is 2.95. The van der Waals surface area contributed by atoms with Gasteiger partial charge in [0, 0.05) is 17.6 Å². The van der Waals surface area contributed by atoms with Gasteiger partial charge in [0.05, 0.1) is 12.1 Å². The van der Waals surface area contributed by atoms with Gasteiger partial charge in [-0.05, 0) is 43.0 Å². The number of aromatic amines is 1. The Morgan fingerprint density at radius 3 is 2.87 bits per heavy atom. The maximum atomic E-state index is 12.1. The minimum Gasteiger partial charge on any atom is -0.308 e. The molecule has 0 bridgehead atoms. The molecular weight excluding hydrogens is 330 g/mol. The summed E-state index contributed by atoms with van der Waals surface area (Å²) < 4.78 is 0.680. The van der Waals surface area contributed by atoms with Crippen molar-refractivity contribution in [1.29, 1.82) is 0 Å². The number of halogens is 1. The van der Waals surface area contributed by atoms with Crippen LogP contribution in [0.5, 0.6) is 0 Å². The summed E-state index contributed by atoms with van der Waals surface area (Å²) in [6.45, 7) is 5.60. The molecule has 0 unspecified atom stereocenters. The fourth-order valence-corrected chi connectivity index (χ4v) is 3.42. The summed E-state index contributed by atoms with van der Waals surface area (Å²) in [6, 6.07) is 10.0. The van der Waals surface area contributed by atoms with Crippen LogP contribution in [0.1, 0.15) is 25.2 Å². The number of hydrogen-bond acceptors (Lipinski definition) is 4. The Bertz CT molecular complexity index is 871. The van der Waals surface area contributed by atoms with Gasteiger partial charge in [0.2, 0.25) is 0 Å². The lowest BCUT2D eigenvalue weighted by molar-refractivity contribution is 0.198. The molecule has 0 atom stereocenters. The Hall–Kier alpha value is -1.69. The standard InChI is InChI=1S/C17H18ClN3OS/c1-11(2)21(9-12-4-3-5-13(18)8-12)10-15-19-14-6-7-23-16(14)17(22)20-15/h3-8,11H,9-10H2,1-2H3,(H,19,20,22). The first-order valence-corrected chi connectivity index (χ1v) is 8.73. The zero-order valence-corrected chi connectivity index (χ0v) is 14.6. The van der Waals surface area contributed by atoms with Crippen LogP contribution in [0.4, 0.5) is 0 Å². The Morgan fingerprint density at radius 1 is 1.30 bits per heavy atom. The number of H-pyrrole nitrogens is 1. The van der Waals surface area contributed by atoms with Crippen LogP contribution in [0.2, 0.25) is 5.02 Å². The van der Waals surface area contributed by atoms with Gasteiger partial charge in [0.1, 0.15) is 10.5 Å². The van der Waals surface area contributed by atoms with Gasteiger partial charge in [-0.25, -0.2) is 4.98 Å². The van der Waals surface area contributed by atoms with E-state index in [1.54, 1.807) is 0 Å². The van der Waals surface area contributed by atoms with Crippen molar-refractivity contribution >= 4 is 33.2 Å². The molecule has 0 aliphatic carbocycles. The van der Waals surface area contributed by atoms with Crippen LogP contribution in [0.25, 0.3) is 10.2 Å². The molecule has 0 spiro atoms. The van der Waals surface area contributed by atoms with E-state index in [0.717, 1.165) is 22.6 Å². The molecule has 0 aliphatic heterocycles. The van der Waals surface area contributed by atoms with Gasteiger partial charge in [-0.3, -0.25) is 9.69 Å². The van der Waals surface area contributed by atoms with Gasteiger partial charge in [-0.15, -0.1) is 11.3 Å². The lowest BCUT2D eigenvalue weighted by Gasteiger charge is -2.26. The smallest absolute Gasteiger partial charge is 0.268 e. The maximum absolute atomic E-state index is 12.1. The molecule has 0 fully saturated rings. The summed E-state index contributed by atoms with van der Waals surface area (Å²) in [5.41, 5.74) is 1.84. The van der Waals surface area contributed by atoms with Crippen LogP contribution in [0, 0.1) is 0 Å². The van der Waals surface area contributed by atoms with E-state index in [4.69, 9.17) is 11.6 Å². The maximum Gasteiger partial charge on any atom is 0.268 e. The van der Waals surface area contributed by atoms with Crippen molar-refractivity contribution in [1.82, 2.24) is 14.9 Å². The number of thiophene rings is 1. The Kier molecular flexibility index (Phi) is 4.80. The lowest BCUT2D eigenvalue weighted by atomic mass is 10.2. The minimum absolute atomic E-state index is 0.0635. The highest BCUT2D eigenvalue weighted by molar-refractivity contribution is 7.17. The predicted octanol–water partition coefficient (Wildman–Crippen LogP) is 4.05. The van der Waals surface area contributed by atoms with Crippen LogP contribution in [-0.2, 0) is 13.1 Å². The van der Waals surface area contributed by atoms with Gasteiger partial charge >= 0.3 is 0 Å². The van der Waals surface area contributed by atoms with Crippen LogP contribution in [0.3, 0.4) is 0 Å². The number of fused-ring (bicyclic) bond motifs is 1. The van der Waals surface area contributed by atoms with E-state index in [1.165, 1.54) is 11.3 Å². The molecule has 2 aromatic heterocycles. The van der Waals surface area contributed by atoms with E-state index in [9.17, 15) is 4.79 Å². The number of nitrogens with zero attached hydrogens (tertiary/aromatic N) is 2. The third-order valence-electron chi connectivity index (χ3n) is 3.72. The quantitative estimate of drug-likeness (QED) is 0.757. The summed E-state index contributed by atoms with van der Waals surface area (Å²) in [5.74, 6) is 0.691. The molecular formula is C17H18ClN3OS. The monoisotopic (exact) mass is 347 g/mol. The molecule has 120 valence electrons. The van der Waals surface area contributed by atoms with Crippen molar-refractivity contribution < 1.29 is 0 Å². The normalized spacial score (nSPS) is 11.7. The van der Waals surface area contributed by atoms with Crippen molar-refractivity contribution in [2.45, 2.75) is 33.0 Å². The zero-order valence-electron chi connectivity index (χ0n) is 13.0. The van der Waals surface area contributed by atoms with E-state index in [1.807, 2.05) is 29.6 Å². The number of nitrogens with one attached hydrogen (secondary N) is 1. The van der Waals surface area contributed by atoms with Gasteiger partial charge in [-0.2, -0.15) is 0 Å². The van der Waals surface area contributed by atoms with Crippen molar-refractivity contribution in [2.75, 3.05) is 0 Å². The predicted molar refractivity (Wildman–Crippen MR) is 96.1 cm³/mol. The number of hydrogen-bond donors (Lipinski definition) is 1. The highest BCUT2D eigenvalue weighted by Crippen LogP contribution is 2.17. The molecule has 23 heavy (non-hydrogen) atoms. The summed E-state index contributed by atoms with van der Waals surface area (Å²) in [4.78, 5) is 21.8. The van der Waals surface area contributed by atoms with E-state index < -0.39 is 0 Å². The van der Waals surface area contributed by atoms with Crippen molar-refractivity contribution in [3.63, 3.8) is 0 Å². The Morgan fingerprint density at radius 2 is 2.13 bits per heavy atom. The number of aromatic nitrogens is 2. The summed E-state index contributed by atoms with van der Waals surface area (Å²) in [6.07, 6.45) is 0. The van der Waals surface area contributed by atoms with Crippen LogP contribution in [-0.4, -0.2) is 20.9 Å². The topological polar surface area (TPSA) is 49.0 Å². The molecule has 0 aliphatic rings. The second-order valence-corrected chi connectivity index (χ2v) is 7.13. The van der Waals surface area contributed by atoms with Gasteiger partial charge < -0.3 is 4.98 Å². The molecule has 6 heteroatoms. The first kappa shape index (κ1) is 16.2. The first-order valence-electron chi connectivity index (χ1n) is 7.48. The largest absolute Gasteiger partial charge is 0.308 e. The molecule has 3 aromatic rings. The van der Waals surface area contributed by atoms with Crippen LogP contribution >= 0.6 is 22.9 Å². The van der Waals surface area contributed by atoms with E-state index in [-0.39, 0.29) is 5.56 Å². The number of rotatable bonds is 5. The molecule has 3 rings (SSSR count). The average molecular weight is 348 g/mol. The third-order valence-corrected chi connectivity index (χ3v) is 4.86. The summed E-state index contributed by atoms with van der Waals surface area (Å²) in [7, 11) is 0. The van der Waals surface area contributed by atoms with Crippen molar-refractivity contribution in [2.24, 2.45) is 0 Å². The molecule has 0 saturated heterocycles. The van der Waals surface area contributed by atoms with E-state index >= 15 is 0 Å². The van der Waals surface area contributed by atoms with E-state index in [0.29, 0.717) is 23.1 Å². The van der Waals surface area contributed by atoms with E-state index in [2.05, 4.69) is 34.8 Å². The summed E-state index contributed by atoms with van der Waals surface area (Å²) >= 11 is 7.48. The Balaban J connectivity index is 1.85. The first-order chi connectivity index (χ1) is 11.0. The highest BCUT2D eigenvalue weighted by atomic mass is 35.5. The lowest BCUT2D eigenvalue weighted by Crippen LogP contribution is -2.31. The second kappa shape index (κ2) is 6.83. The summed E-state index contributed by atoms with van der Waals surface area (Å²) in [5, 5.41) is 2.63. The molecule has 1 N–H and O–H groups in total. The zero-order chi connectivity index (χ0) is 16.4. The highest BCUT2D eigenvalue weighted by Gasteiger charge is 2.14. The fraction of sp³-hybridized carbons (Fsp3) is 0.294. The van der Waals surface area contributed by atoms with Crippen LogP contribution < -0.4 is 5.56 Å². The molecule has 0 amide bonds.